The van der Waals surface area contributed by atoms with Crippen LogP contribution in [0.4, 0.5) is 0 Å². The fraction of sp³-hybridized carbons (Fsp3) is 0.321. The normalized spacial score (nSPS) is 17.4. The molecule has 10 heteroatoms. The van der Waals surface area contributed by atoms with Gasteiger partial charge in [-0.25, -0.2) is 4.98 Å². The Bertz CT molecular complexity index is 1560. The summed E-state index contributed by atoms with van der Waals surface area (Å²) >= 11 is 11.7. The van der Waals surface area contributed by atoms with E-state index in [4.69, 9.17) is 33.3 Å². The maximum Gasteiger partial charge on any atom is 0.199 e. The molecule has 1 N–H and O–H groups in total. The number of rotatable bonds is 6. The number of halogens is 1. The maximum absolute atomic E-state index is 13.8. The van der Waals surface area contributed by atoms with Crippen LogP contribution in [0.15, 0.2) is 59.8 Å². The Morgan fingerprint density at radius 1 is 1.18 bits per heavy atom. The number of thiocarbonyl (C=S) groups is 1. The van der Waals surface area contributed by atoms with Gasteiger partial charge in [-0.1, -0.05) is 36.0 Å². The number of hydrogen-bond donors (Lipinski definition) is 1. The second-order valence-electron chi connectivity index (χ2n) is 9.71. The van der Waals surface area contributed by atoms with Crippen LogP contribution in [0.5, 0.6) is 5.75 Å². The van der Waals surface area contributed by atoms with Crippen molar-refractivity contribution in [1.82, 2.24) is 24.3 Å². The zero-order valence-electron chi connectivity index (χ0n) is 21.0. The molecule has 38 heavy (non-hydrogen) atoms. The molecule has 2 aromatic heterocycles. The third-order valence-electron chi connectivity index (χ3n) is 7.10. The highest BCUT2D eigenvalue weighted by molar-refractivity contribution is 7.80. The van der Waals surface area contributed by atoms with Crippen LogP contribution in [0.2, 0.25) is 5.02 Å². The van der Waals surface area contributed by atoms with Gasteiger partial charge in [0.15, 0.2) is 17.4 Å². The van der Waals surface area contributed by atoms with Crippen molar-refractivity contribution in [1.29, 1.82) is 0 Å². The zero-order valence-corrected chi connectivity index (χ0v) is 22.6. The van der Waals surface area contributed by atoms with Gasteiger partial charge in [-0.3, -0.25) is 9.69 Å². The molecule has 2 aromatic carbocycles. The molecule has 0 spiro atoms. The summed E-state index contributed by atoms with van der Waals surface area (Å²) in [7, 11) is 1.96. The van der Waals surface area contributed by atoms with Crippen LogP contribution in [-0.4, -0.2) is 50.3 Å². The number of aryl methyl sites for hydroxylation is 1. The predicted octanol–water partition coefficient (Wildman–Crippen LogP) is 3.82. The van der Waals surface area contributed by atoms with E-state index >= 15 is 0 Å². The van der Waals surface area contributed by atoms with Crippen molar-refractivity contribution < 1.29 is 9.47 Å². The van der Waals surface area contributed by atoms with Crippen LogP contribution >= 0.6 is 23.8 Å². The first-order chi connectivity index (χ1) is 18.5. The van der Waals surface area contributed by atoms with E-state index in [1.165, 1.54) is 0 Å². The minimum absolute atomic E-state index is 0.103. The van der Waals surface area contributed by atoms with E-state index in [2.05, 4.69) is 25.8 Å². The Kier molecular flexibility index (Phi) is 6.92. The molecule has 0 saturated carbocycles. The number of morpholine rings is 1. The van der Waals surface area contributed by atoms with Crippen LogP contribution in [0.3, 0.4) is 0 Å². The second kappa shape index (κ2) is 10.5. The van der Waals surface area contributed by atoms with Crippen LogP contribution in [-0.2, 0) is 31.4 Å². The van der Waals surface area contributed by atoms with Crippen molar-refractivity contribution in [2.24, 2.45) is 7.05 Å². The van der Waals surface area contributed by atoms with E-state index in [1.807, 2.05) is 54.3 Å². The Labute approximate surface area is 230 Å². The molecule has 0 radical (unpaired) electrons. The molecule has 6 rings (SSSR count). The van der Waals surface area contributed by atoms with E-state index in [1.54, 1.807) is 6.20 Å². The lowest BCUT2D eigenvalue weighted by atomic mass is 10.0. The number of nitrogens with zero attached hydrogens (tertiary/aromatic N) is 4. The standard InChI is InChI=1S/C28H28ClN5O3S/c1-32-7-6-30-27(32)24-17-34-16-22(28(38)31-14-18-2-4-20(29)5-3-18)26(35)21-12-19(13-23(37-24)25(21)34)15-33-8-10-36-11-9-33/h2-7,12-13,16,24H,8-11,14-15,17H2,1H3,(H,31,38). The number of pyridine rings is 1. The first kappa shape index (κ1) is 25.1. The van der Waals surface area contributed by atoms with Crippen molar-refractivity contribution in [3.63, 3.8) is 0 Å². The molecular weight excluding hydrogens is 522 g/mol. The third-order valence-corrected chi connectivity index (χ3v) is 7.71. The molecule has 1 atom stereocenters. The van der Waals surface area contributed by atoms with E-state index in [0.717, 1.165) is 35.6 Å². The van der Waals surface area contributed by atoms with E-state index in [-0.39, 0.29) is 11.5 Å². The lowest BCUT2D eigenvalue weighted by Crippen LogP contribution is -2.36. The van der Waals surface area contributed by atoms with Gasteiger partial charge in [0.1, 0.15) is 10.7 Å². The lowest BCUT2D eigenvalue weighted by molar-refractivity contribution is 0.0341. The van der Waals surface area contributed by atoms with Crippen molar-refractivity contribution in [2.75, 3.05) is 26.3 Å². The summed E-state index contributed by atoms with van der Waals surface area (Å²) in [6, 6.07) is 11.6. The Morgan fingerprint density at radius 3 is 2.71 bits per heavy atom. The van der Waals surface area contributed by atoms with Crippen LogP contribution < -0.4 is 15.5 Å². The van der Waals surface area contributed by atoms with Gasteiger partial charge >= 0.3 is 0 Å². The highest BCUT2D eigenvalue weighted by Crippen LogP contribution is 2.36. The first-order valence-electron chi connectivity index (χ1n) is 12.6. The molecule has 0 amide bonds. The van der Waals surface area contributed by atoms with Gasteiger partial charge in [-0.2, -0.15) is 0 Å². The molecule has 1 fully saturated rings. The van der Waals surface area contributed by atoms with Gasteiger partial charge in [-0.15, -0.1) is 0 Å². The molecule has 8 nitrogen and oxygen atoms in total. The minimum Gasteiger partial charge on any atom is -0.478 e. The summed E-state index contributed by atoms with van der Waals surface area (Å²) in [5, 5.41) is 4.54. The van der Waals surface area contributed by atoms with Crippen LogP contribution in [0.25, 0.3) is 10.9 Å². The fourth-order valence-electron chi connectivity index (χ4n) is 5.13. The molecular formula is C28H28ClN5O3S. The summed E-state index contributed by atoms with van der Waals surface area (Å²) < 4.78 is 16.0. The second-order valence-corrected chi connectivity index (χ2v) is 10.6. The SMILES string of the molecule is Cn1ccnc1C1Cn2cc(C(=S)NCc3ccc(Cl)cc3)c(=O)c3cc(CN4CCOCC4)cc(c32)O1. The average Bonchev–Trinajstić information content (AvgIpc) is 3.36. The quantitative estimate of drug-likeness (QED) is 0.367. The molecule has 2 aliphatic heterocycles. The van der Waals surface area contributed by atoms with Crippen LogP contribution in [0, 0.1) is 0 Å². The summed E-state index contributed by atoms with van der Waals surface area (Å²) in [5.74, 6) is 1.51. The van der Waals surface area contributed by atoms with Gasteiger partial charge in [0, 0.05) is 56.8 Å². The summed E-state index contributed by atoms with van der Waals surface area (Å²) in [5.41, 5.74) is 3.20. The number of aromatic nitrogens is 3. The monoisotopic (exact) mass is 549 g/mol. The van der Waals surface area contributed by atoms with Gasteiger partial charge in [-0.05, 0) is 35.4 Å². The largest absolute Gasteiger partial charge is 0.478 e. The lowest BCUT2D eigenvalue weighted by Gasteiger charge is -2.30. The van der Waals surface area contributed by atoms with Crippen molar-refractivity contribution in [3.05, 3.63) is 92.7 Å². The molecule has 2 aliphatic rings. The molecule has 4 heterocycles. The molecule has 196 valence electrons. The van der Waals surface area contributed by atoms with E-state index in [0.29, 0.717) is 59.6 Å². The van der Waals surface area contributed by atoms with Gasteiger partial charge in [0.05, 0.1) is 36.2 Å². The molecule has 0 bridgehead atoms. The summed E-state index contributed by atoms with van der Waals surface area (Å²) in [6.07, 6.45) is 5.23. The number of nitrogens with one attached hydrogen (secondary N) is 1. The predicted molar refractivity (Wildman–Crippen MR) is 151 cm³/mol. The van der Waals surface area contributed by atoms with Crippen molar-refractivity contribution in [3.8, 4) is 5.75 Å². The minimum atomic E-state index is -0.296. The Hall–Kier alpha value is -3.24. The van der Waals surface area contributed by atoms with Crippen molar-refractivity contribution in [2.45, 2.75) is 25.7 Å². The number of benzene rings is 2. The number of ether oxygens (including phenoxy) is 2. The van der Waals surface area contributed by atoms with E-state index < -0.39 is 0 Å². The fourth-order valence-corrected chi connectivity index (χ4v) is 5.48. The zero-order chi connectivity index (χ0) is 26.2. The molecule has 1 unspecified atom stereocenters. The van der Waals surface area contributed by atoms with Gasteiger partial charge in [0.25, 0.3) is 0 Å². The smallest absolute Gasteiger partial charge is 0.199 e. The van der Waals surface area contributed by atoms with Gasteiger partial charge < -0.3 is 23.9 Å². The molecule has 1 saturated heterocycles. The number of hydrogen-bond acceptors (Lipinski definition) is 6. The summed E-state index contributed by atoms with van der Waals surface area (Å²) in [6.45, 7) is 4.86. The number of imidazole rings is 1. The summed E-state index contributed by atoms with van der Waals surface area (Å²) in [4.78, 5) is 21.1. The third kappa shape index (κ3) is 4.94. The Morgan fingerprint density at radius 2 is 1.97 bits per heavy atom. The maximum atomic E-state index is 13.8. The molecule has 4 aromatic rings. The van der Waals surface area contributed by atoms with E-state index in [9.17, 15) is 4.79 Å². The average molecular weight is 550 g/mol. The Balaban J connectivity index is 1.39. The van der Waals surface area contributed by atoms with Crippen LogP contribution in [0.1, 0.15) is 28.6 Å². The first-order valence-corrected chi connectivity index (χ1v) is 13.4. The highest BCUT2D eigenvalue weighted by Gasteiger charge is 2.28. The van der Waals surface area contributed by atoms with Crippen molar-refractivity contribution >= 4 is 39.7 Å². The highest BCUT2D eigenvalue weighted by atomic mass is 35.5. The molecule has 0 aliphatic carbocycles. The topological polar surface area (TPSA) is 73.6 Å². The van der Waals surface area contributed by atoms with Gasteiger partial charge in [0.2, 0.25) is 0 Å².